The summed E-state index contributed by atoms with van der Waals surface area (Å²) >= 11 is 0. The third-order valence-electron chi connectivity index (χ3n) is 5.07. The van der Waals surface area contributed by atoms with Crippen molar-refractivity contribution in [2.24, 2.45) is 5.41 Å². The smallest absolute Gasteiger partial charge is 0.0949 e. The van der Waals surface area contributed by atoms with E-state index in [4.69, 9.17) is 4.74 Å². The molecule has 0 aliphatic carbocycles. The normalized spacial score (nSPS) is 22.8. The highest BCUT2D eigenvalue weighted by molar-refractivity contribution is 5.29. The summed E-state index contributed by atoms with van der Waals surface area (Å²) in [5.41, 5.74) is 3.18. The van der Waals surface area contributed by atoms with Gasteiger partial charge < -0.3 is 10.1 Å². The fourth-order valence-corrected chi connectivity index (χ4v) is 2.97. The first kappa shape index (κ1) is 16.5. The molecule has 1 heterocycles. The molecule has 21 heavy (non-hydrogen) atoms. The molecule has 0 radical (unpaired) electrons. The van der Waals surface area contributed by atoms with Crippen molar-refractivity contribution in [1.82, 2.24) is 5.32 Å². The molecule has 1 aromatic carbocycles. The zero-order valence-corrected chi connectivity index (χ0v) is 14.3. The molecule has 2 nitrogen and oxygen atoms in total. The highest BCUT2D eigenvalue weighted by Gasteiger charge is 2.31. The molecule has 1 saturated heterocycles. The van der Waals surface area contributed by atoms with Gasteiger partial charge in [0.05, 0.1) is 12.7 Å². The zero-order valence-electron chi connectivity index (χ0n) is 14.3. The third kappa shape index (κ3) is 3.87. The van der Waals surface area contributed by atoms with Crippen LogP contribution < -0.4 is 5.32 Å². The molecule has 2 heteroatoms. The predicted molar refractivity (Wildman–Crippen MR) is 89.7 cm³/mol. The van der Waals surface area contributed by atoms with Gasteiger partial charge in [0.15, 0.2) is 0 Å². The standard InChI is InChI=1S/C19H31NO/c1-6-19(7-2)13-20-12-17(21-14-19)15-8-10-16(11-9-15)18(3,4)5/h8-11,17,20H,6-7,12-14H2,1-5H3. The minimum absolute atomic E-state index is 0.180. The van der Waals surface area contributed by atoms with Crippen LogP contribution in [0, 0.1) is 5.41 Å². The van der Waals surface area contributed by atoms with E-state index in [9.17, 15) is 0 Å². The van der Waals surface area contributed by atoms with Crippen LogP contribution in [0.15, 0.2) is 24.3 Å². The molecule has 2 rings (SSSR count). The van der Waals surface area contributed by atoms with E-state index in [-0.39, 0.29) is 11.5 Å². The van der Waals surface area contributed by atoms with E-state index in [2.05, 4.69) is 64.2 Å². The summed E-state index contributed by atoms with van der Waals surface area (Å²) in [7, 11) is 0. The summed E-state index contributed by atoms with van der Waals surface area (Å²) in [6.45, 7) is 14.1. The number of hydrogen-bond acceptors (Lipinski definition) is 2. The number of hydrogen-bond donors (Lipinski definition) is 1. The Morgan fingerprint density at radius 1 is 1.14 bits per heavy atom. The van der Waals surface area contributed by atoms with Gasteiger partial charge in [-0.25, -0.2) is 0 Å². The van der Waals surface area contributed by atoms with Gasteiger partial charge in [-0.3, -0.25) is 0 Å². The fourth-order valence-electron chi connectivity index (χ4n) is 2.97. The molecule has 0 bridgehead atoms. The van der Waals surface area contributed by atoms with Crippen LogP contribution in [-0.4, -0.2) is 19.7 Å². The van der Waals surface area contributed by atoms with Gasteiger partial charge in [0.1, 0.15) is 0 Å². The van der Waals surface area contributed by atoms with E-state index in [1.165, 1.54) is 24.0 Å². The average Bonchev–Trinajstić information content (AvgIpc) is 2.69. The first-order valence-corrected chi connectivity index (χ1v) is 8.33. The van der Waals surface area contributed by atoms with Crippen molar-refractivity contribution >= 4 is 0 Å². The lowest BCUT2D eigenvalue weighted by Crippen LogP contribution is -2.34. The SMILES string of the molecule is CCC1(CC)CNCC(c2ccc(C(C)(C)C)cc2)OC1. The van der Waals surface area contributed by atoms with Gasteiger partial charge in [0.2, 0.25) is 0 Å². The summed E-state index contributed by atoms with van der Waals surface area (Å²) in [6.07, 6.45) is 2.53. The van der Waals surface area contributed by atoms with Crippen molar-refractivity contribution in [3.8, 4) is 0 Å². The Balaban J connectivity index is 2.09. The average molecular weight is 289 g/mol. The second-order valence-corrected chi connectivity index (χ2v) is 7.51. The molecule has 1 N–H and O–H groups in total. The number of nitrogens with one attached hydrogen (secondary N) is 1. The Kier molecular flexibility index (Phi) is 5.11. The maximum Gasteiger partial charge on any atom is 0.0949 e. The monoisotopic (exact) mass is 289 g/mol. The van der Waals surface area contributed by atoms with Crippen LogP contribution in [-0.2, 0) is 10.2 Å². The van der Waals surface area contributed by atoms with E-state index >= 15 is 0 Å². The Hall–Kier alpha value is -0.860. The number of benzene rings is 1. The summed E-state index contributed by atoms with van der Waals surface area (Å²) in [5.74, 6) is 0. The predicted octanol–water partition coefficient (Wildman–Crippen LogP) is 4.45. The molecule has 118 valence electrons. The molecule has 1 fully saturated rings. The topological polar surface area (TPSA) is 21.3 Å². The fraction of sp³-hybridized carbons (Fsp3) is 0.684. The molecule has 0 aromatic heterocycles. The van der Waals surface area contributed by atoms with Gasteiger partial charge in [0, 0.05) is 18.5 Å². The minimum atomic E-state index is 0.180. The van der Waals surface area contributed by atoms with Crippen molar-refractivity contribution in [3.05, 3.63) is 35.4 Å². The quantitative estimate of drug-likeness (QED) is 0.887. The Morgan fingerprint density at radius 2 is 1.76 bits per heavy atom. The largest absolute Gasteiger partial charge is 0.372 e. The van der Waals surface area contributed by atoms with Crippen LogP contribution >= 0.6 is 0 Å². The van der Waals surface area contributed by atoms with E-state index in [1.54, 1.807) is 0 Å². The third-order valence-corrected chi connectivity index (χ3v) is 5.07. The van der Waals surface area contributed by atoms with Gasteiger partial charge in [-0.15, -0.1) is 0 Å². The van der Waals surface area contributed by atoms with Gasteiger partial charge in [-0.2, -0.15) is 0 Å². The lowest BCUT2D eigenvalue weighted by atomic mass is 9.83. The molecule has 1 aliphatic rings. The number of ether oxygens (including phenoxy) is 1. The summed E-state index contributed by atoms with van der Waals surface area (Å²) in [4.78, 5) is 0. The van der Waals surface area contributed by atoms with Gasteiger partial charge in [-0.05, 0) is 29.4 Å². The molecule has 1 aliphatic heterocycles. The Bertz CT molecular complexity index is 440. The van der Waals surface area contributed by atoms with Crippen molar-refractivity contribution in [2.75, 3.05) is 19.7 Å². The lowest BCUT2D eigenvalue weighted by molar-refractivity contribution is 0.0103. The van der Waals surface area contributed by atoms with Crippen molar-refractivity contribution < 1.29 is 4.74 Å². The summed E-state index contributed by atoms with van der Waals surface area (Å²) < 4.78 is 6.25. The number of rotatable bonds is 3. The first-order chi connectivity index (χ1) is 9.90. The van der Waals surface area contributed by atoms with Crippen LogP contribution in [0.4, 0.5) is 0 Å². The lowest BCUT2D eigenvalue weighted by Gasteiger charge is -2.29. The maximum atomic E-state index is 6.25. The summed E-state index contributed by atoms with van der Waals surface area (Å²) in [5, 5.41) is 3.61. The van der Waals surface area contributed by atoms with Crippen LogP contribution in [0.3, 0.4) is 0 Å². The Labute approximate surface area is 130 Å². The van der Waals surface area contributed by atoms with E-state index in [0.29, 0.717) is 5.41 Å². The van der Waals surface area contributed by atoms with Crippen LogP contribution in [0.2, 0.25) is 0 Å². The van der Waals surface area contributed by atoms with Gasteiger partial charge in [0.25, 0.3) is 0 Å². The highest BCUT2D eigenvalue weighted by Crippen LogP contribution is 2.32. The Morgan fingerprint density at radius 3 is 2.29 bits per heavy atom. The molecule has 0 amide bonds. The van der Waals surface area contributed by atoms with Crippen LogP contribution in [0.1, 0.15) is 64.7 Å². The van der Waals surface area contributed by atoms with Gasteiger partial charge in [-0.1, -0.05) is 58.9 Å². The van der Waals surface area contributed by atoms with Crippen molar-refractivity contribution in [2.45, 2.75) is 59.0 Å². The second kappa shape index (κ2) is 6.50. The van der Waals surface area contributed by atoms with Crippen LogP contribution in [0.25, 0.3) is 0 Å². The molecule has 1 atom stereocenters. The van der Waals surface area contributed by atoms with Crippen molar-refractivity contribution in [3.63, 3.8) is 0 Å². The molecular formula is C19H31NO. The van der Waals surface area contributed by atoms with Crippen molar-refractivity contribution in [1.29, 1.82) is 0 Å². The summed E-state index contributed by atoms with van der Waals surface area (Å²) in [6, 6.07) is 8.96. The van der Waals surface area contributed by atoms with Crippen LogP contribution in [0.5, 0.6) is 0 Å². The molecule has 0 saturated carbocycles. The molecular weight excluding hydrogens is 258 g/mol. The van der Waals surface area contributed by atoms with E-state index in [0.717, 1.165) is 19.7 Å². The highest BCUT2D eigenvalue weighted by atomic mass is 16.5. The first-order valence-electron chi connectivity index (χ1n) is 8.33. The zero-order chi connectivity index (χ0) is 15.5. The minimum Gasteiger partial charge on any atom is -0.372 e. The van der Waals surface area contributed by atoms with Gasteiger partial charge >= 0.3 is 0 Å². The van der Waals surface area contributed by atoms with E-state index in [1.807, 2.05) is 0 Å². The second-order valence-electron chi connectivity index (χ2n) is 7.51. The maximum absolute atomic E-state index is 6.25. The molecule has 1 aromatic rings. The molecule has 0 spiro atoms. The molecule has 1 unspecified atom stereocenters. The van der Waals surface area contributed by atoms with E-state index < -0.39 is 0 Å².